The van der Waals surface area contributed by atoms with Crippen molar-refractivity contribution in [2.45, 2.75) is 70.3 Å². The molecule has 0 aliphatic heterocycles. The Kier molecular flexibility index (Phi) is 5.37. The van der Waals surface area contributed by atoms with Crippen LogP contribution in [0.25, 0.3) is 0 Å². The quantitative estimate of drug-likeness (QED) is 0.775. The summed E-state index contributed by atoms with van der Waals surface area (Å²) < 4.78 is 19.1. The van der Waals surface area contributed by atoms with Gasteiger partial charge >= 0.3 is 0 Å². The summed E-state index contributed by atoms with van der Waals surface area (Å²) in [6.07, 6.45) is 6.64. The number of alkyl halides is 1. The molecular formula is C12H27FO2Si2. The highest BCUT2D eigenvalue weighted by atomic mass is 28.4. The summed E-state index contributed by atoms with van der Waals surface area (Å²) in [6, 6.07) is 1.12. The SMILES string of the molecule is C[Si](C)(CC1CCCCC1)O[Si](C)(C)C(O)F. The highest BCUT2D eigenvalue weighted by Gasteiger charge is 2.40. The van der Waals surface area contributed by atoms with Gasteiger partial charge in [0.15, 0.2) is 8.32 Å². The van der Waals surface area contributed by atoms with Gasteiger partial charge in [-0.1, -0.05) is 32.1 Å². The van der Waals surface area contributed by atoms with E-state index in [9.17, 15) is 4.39 Å². The largest absolute Gasteiger partial charge is 0.452 e. The minimum atomic E-state index is -2.55. The van der Waals surface area contributed by atoms with Gasteiger partial charge in [0.2, 0.25) is 14.3 Å². The van der Waals surface area contributed by atoms with Crippen LogP contribution < -0.4 is 0 Å². The first-order valence-electron chi connectivity index (χ1n) is 6.75. The highest BCUT2D eigenvalue weighted by Crippen LogP contribution is 2.33. The molecule has 17 heavy (non-hydrogen) atoms. The predicted molar refractivity (Wildman–Crippen MR) is 74.5 cm³/mol. The summed E-state index contributed by atoms with van der Waals surface area (Å²) in [6.45, 7) is 7.87. The summed E-state index contributed by atoms with van der Waals surface area (Å²) in [5, 5.41) is 9.14. The van der Waals surface area contributed by atoms with Crippen LogP contribution in [0.4, 0.5) is 4.39 Å². The van der Waals surface area contributed by atoms with Crippen LogP contribution in [-0.4, -0.2) is 27.7 Å². The monoisotopic (exact) mass is 278 g/mol. The molecule has 0 heterocycles. The van der Waals surface area contributed by atoms with Crippen LogP contribution in [0.1, 0.15) is 32.1 Å². The molecule has 1 unspecified atom stereocenters. The molecule has 1 rings (SSSR count). The fraction of sp³-hybridized carbons (Fsp3) is 1.00. The maximum Gasteiger partial charge on any atom is 0.243 e. The normalized spacial score (nSPS) is 21.5. The summed E-state index contributed by atoms with van der Waals surface area (Å²) in [5.74, 6) is -0.993. The Hall–Kier alpha value is 0.284. The van der Waals surface area contributed by atoms with Crippen molar-refractivity contribution in [1.29, 1.82) is 0 Å². The Morgan fingerprint density at radius 2 is 1.71 bits per heavy atom. The number of aliphatic hydroxyl groups excluding tert-OH is 1. The van der Waals surface area contributed by atoms with Crippen molar-refractivity contribution in [2.75, 3.05) is 0 Å². The minimum absolute atomic E-state index is 0.770. The van der Waals surface area contributed by atoms with Crippen molar-refractivity contribution >= 4 is 16.6 Å². The maximum atomic E-state index is 13.1. The molecule has 1 N–H and O–H groups in total. The standard InChI is InChI=1S/C12H27FO2Si2/c1-16(2,15-17(3,4)12(13)14)10-11-8-6-5-7-9-11/h11-12,14H,5-10H2,1-4H3. The zero-order valence-electron chi connectivity index (χ0n) is 11.6. The Bertz CT molecular complexity index is 239. The molecule has 1 saturated carbocycles. The molecule has 2 nitrogen and oxygen atoms in total. The first-order valence-corrected chi connectivity index (χ1v) is 12.9. The molecular weight excluding hydrogens is 251 g/mol. The molecule has 0 aromatic rings. The summed E-state index contributed by atoms with van der Waals surface area (Å²) in [5.41, 5.74) is 0. The van der Waals surface area contributed by atoms with E-state index < -0.39 is 22.6 Å². The first-order chi connectivity index (χ1) is 7.73. The Morgan fingerprint density at radius 1 is 1.18 bits per heavy atom. The second-order valence-electron chi connectivity index (χ2n) is 6.51. The number of aliphatic hydroxyl groups is 1. The topological polar surface area (TPSA) is 29.5 Å². The van der Waals surface area contributed by atoms with E-state index in [1.807, 2.05) is 0 Å². The van der Waals surface area contributed by atoms with Crippen molar-refractivity contribution < 1.29 is 13.6 Å². The molecule has 0 spiro atoms. The van der Waals surface area contributed by atoms with Crippen molar-refractivity contribution in [3.05, 3.63) is 0 Å². The van der Waals surface area contributed by atoms with Gasteiger partial charge in [-0.2, -0.15) is 0 Å². The summed E-state index contributed by atoms with van der Waals surface area (Å²) in [4.78, 5) is 0. The Balaban J connectivity index is 2.49. The smallest absolute Gasteiger partial charge is 0.243 e. The Labute approximate surface area is 107 Å². The number of hydrogen-bond acceptors (Lipinski definition) is 2. The van der Waals surface area contributed by atoms with Crippen molar-refractivity contribution in [2.24, 2.45) is 5.92 Å². The van der Waals surface area contributed by atoms with Crippen LogP contribution in [0.3, 0.4) is 0 Å². The molecule has 0 radical (unpaired) electrons. The van der Waals surface area contributed by atoms with Gasteiger partial charge in [0.05, 0.1) is 0 Å². The molecule has 1 aliphatic rings. The molecule has 0 saturated heterocycles. The van der Waals surface area contributed by atoms with Gasteiger partial charge in [-0.15, -0.1) is 0 Å². The van der Waals surface area contributed by atoms with Crippen LogP contribution in [0.5, 0.6) is 0 Å². The highest BCUT2D eigenvalue weighted by molar-refractivity contribution is 6.85. The van der Waals surface area contributed by atoms with Crippen molar-refractivity contribution in [1.82, 2.24) is 0 Å². The second-order valence-corrected chi connectivity index (χ2v) is 14.9. The van der Waals surface area contributed by atoms with Gasteiger partial charge in [0, 0.05) is 0 Å². The van der Waals surface area contributed by atoms with E-state index in [1.165, 1.54) is 32.1 Å². The van der Waals surface area contributed by atoms with Gasteiger partial charge in [-0.3, -0.25) is 0 Å². The molecule has 5 heteroatoms. The van der Waals surface area contributed by atoms with Crippen molar-refractivity contribution in [3.8, 4) is 0 Å². The first kappa shape index (κ1) is 15.3. The summed E-state index contributed by atoms with van der Waals surface area (Å²) >= 11 is 0. The van der Waals surface area contributed by atoms with Crippen molar-refractivity contribution in [3.63, 3.8) is 0 Å². The van der Waals surface area contributed by atoms with Gasteiger partial charge in [0.25, 0.3) is 0 Å². The lowest BCUT2D eigenvalue weighted by Gasteiger charge is -2.36. The average Bonchev–Trinajstić information content (AvgIpc) is 2.16. The molecule has 0 aromatic carbocycles. The van der Waals surface area contributed by atoms with Crippen LogP contribution >= 0.6 is 0 Å². The van der Waals surface area contributed by atoms with Crippen LogP contribution in [0.2, 0.25) is 32.2 Å². The third kappa shape index (κ3) is 5.20. The molecule has 102 valence electrons. The fourth-order valence-corrected chi connectivity index (χ4v) is 11.1. The van der Waals surface area contributed by atoms with Crippen LogP contribution in [-0.2, 0) is 4.12 Å². The molecule has 1 fully saturated rings. The lowest BCUT2D eigenvalue weighted by Crippen LogP contribution is -2.51. The minimum Gasteiger partial charge on any atom is -0.452 e. The van der Waals surface area contributed by atoms with Gasteiger partial charge in [-0.25, -0.2) is 4.39 Å². The van der Waals surface area contributed by atoms with E-state index in [-0.39, 0.29) is 0 Å². The average molecular weight is 279 g/mol. The molecule has 0 bridgehead atoms. The predicted octanol–water partition coefficient (Wildman–Crippen LogP) is 3.82. The van der Waals surface area contributed by atoms with Crippen LogP contribution in [0, 0.1) is 5.92 Å². The number of rotatable bonds is 5. The summed E-state index contributed by atoms with van der Waals surface area (Å²) in [7, 11) is -4.38. The van der Waals surface area contributed by atoms with E-state index >= 15 is 0 Å². The van der Waals surface area contributed by atoms with E-state index in [4.69, 9.17) is 9.22 Å². The van der Waals surface area contributed by atoms with E-state index in [0.29, 0.717) is 0 Å². The Morgan fingerprint density at radius 3 is 2.18 bits per heavy atom. The number of halogens is 1. The number of hydrogen-bond donors (Lipinski definition) is 1. The van der Waals surface area contributed by atoms with Gasteiger partial charge in [-0.05, 0) is 38.2 Å². The van der Waals surface area contributed by atoms with Gasteiger partial charge < -0.3 is 9.22 Å². The third-order valence-corrected chi connectivity index (χ3v) is 10.6. The van der Waals surface area contributed by atoms with Gasteiger partial charge in [0.1, 0.15) is 0 Å². The molecule has 0 aromatic heterocycles. The van der Waals surface area contributed by atoms with E-state index in [1.54, 1.807) is 13.1 Å². The van der Waals surface area contributed by atoms with Crippen LogP contribution in [0.15, 0.2) is 0 Å². The zero-order valence-corrected chi connectivity index (χ0v) is 13.6. The third-order valence-electron chi connectivity index (χ3n) is 3.62. The van der Waals surface area contributed by atoms with E-state index in [2.05, 4.69) is 13.1 Å². The maximum absolute atomic E-state index is 13.1. The molecule has 1 atom stereocenters. The second kappa shape index (κ2) is 5.95. The zero-order chi connectivity index (χ0) is 13.1. The van der Waals surface area contributed by atoms with E-state index in [0.717, 1.165) is 12.0 Å². The lowest BCUT2D eigenvalue weighted by atomic mass is 9.91. The molecule has 0 amide bonds. The lowest BCUT2D eigenvalue weighted by molar-refractivity contribution is 0.0948. The fourth-order valence-electron chi connectivity index (χ4n) is 2.89. The molecule has 1 aliphatic carbocycles.